The fraction of sp³-hybridized carbons (Fsp3) is 0.231. The maximum atomic E-state index is 13.0. The van der Waals surface area contributed by atoms with Crippen LogP contribution in [-0.4, -0.2) is 37.3 Å². The van der Waals surface area contributed by atoms with Crippen LogP contribution in [0, 0.1) is 0 Å². The second-order valence-corrected chi connectivity index (χ2v) is 4.99. The molecule has 13 heteroatoms. The molecule has 138 valence electrons. The van der Waals surface area contributed by atoms with Gasteiger partial charge in [0.1, 0.15) is 11.4 Å². The highest BCUT2D eigenvalue weighted by Crippen LogP contribution is 2.34. The van der Waals surface area contributed by atoms with Gasteiger partial charge >= 0.3 is 12.7 Å². The van der Waals surface area contributed by atoms with Gasteiger partial charge in [-0.1, -0.05) is 0 Å². The number of amides is 1. The van der Waals surface area contributed by atoms with Crippen LogP contribution in [0.3, 0.4) is 0 Å². The quantitative estimate of drug-likeness (QED) is 0.685. The van der Waals surface area contributed by atoms with Crippen LogP contribution in [0.5, 0.6) is 0 Å². The second kappa shape index (κ2) is 6.24. The van der Waals surface area contributed by atoms with Gasteiger partial charge in [0.15, 0.2) is 11.3 Å². The molecule has 0 bridgehead atoms. The van der Waals surface area contributed by atoms with Crippen molar-refractivity contribution in [2.75, 3.05) is 17.7 Å². The molecule has 0 saturated carbocycles. The van der Waals surface area contributed by atoms with Gasteiger partial charge in [-0.05, 0) is 6.07 Å². The van der Waals surface area contributed by atoms with E-state index in [1.165, 1.54) is 10.7 Å². The van der Waals surface area contributed by atoms with Crippen LogP contribution in [0.2, 0.25) is 0 Å². The number of carbonyl (C=O) groups is 1. The summed E-state index contributed by atoms with van der Waals surface area (Å²) in [6.07, 6.45) is -2.03. The summed E-state index contributed by atoms with van der Waals surface area (Å²) >= 11 is 0. The van der Waals surface area contributed by atoms with Crippen molar-refractivity contribution in [2.24, 2.45) is 0 Å². The number of alkyl halides is 5. The zero-order chi connectivity index (χ0) is 19.1. The minimum atomic E-state index is -5.03. The van der Waals surface area contributed by atoms with E-state index in [-0.39, 0.29) is 15.9 Å². The van der Waals surface area contributed by atoms with Gasteiger partial charge in [-0.2, -0.15) is 32.1 Å². The lowest BCUT2D eigenvalue weighted by Crippen LogP contribution is -2.16. The number of aromatic nitrogens is 5. The van der Waals surface area contributed by atoms with Crippen molar-refractivity contribution >= 4 is 23.1 Å². The number of rotatable bonds is 4. The first-order valence-corrected chi connectivity index (χ1v) is 6.98. The molecule has 0 aliphatic carbocycles. The molecule has 0 aliphatic heterocycles. The maximum absolute atomic E-state index is 13.0. The molecule has 0 atom stereocenters. The lowest BCUT2D eigenvalue weighted by Gasteiger charge is -2.07. The standard InChI is InChI=1S/C13H10F5N7O/c1-19-8-2-3-24-10(22-8)6(4-20-24)11(26)21-7-5-25(12(14)15)23-9(7)13(16,17)18/h2-5,12H,1H3,(H,19,22)(H,21,26). The highest BCUT2D eigenvalue weighted by Gasteiger charge is 2.38. The van der Waals surface area contributed by atoms with E-state index in [4.69, 9.17) is 0 Å². The summed E-state index contributed by atoms with van der Waals surface area (Å²) in [6.45, 7) is -3.29. The minimum absolute atomic E-state index is 0.0733. The Kier molecular flexibility index (Phi) is 4.21. The molecule has 1 amide bonds. The molecule has 3 aromatic rings. The summed E-state index contributed by atoms with van der Waals surface area (Å²) in [5.41, 5.74) is -2.59. The summed E-state index contributed by atoms with van der Waals surface area (Å²) in [7, 11) is 1.59. The molecule has 3 heterocycles. The van der Waals surface area contributed by atoms with E-state index in [1.54, 1.807) is 13.1 Å². The largest absolute Gasteiger partial charge is 0.437 e. The second-order valence-electron chi connectivity index (χ2n) is 4.99. The molecule has 0 radical (unpaired) electrons. The highest BCUT2D eigenvalue weighted by atomic mass is 19.4. The number of hydrogen-bond donors (Lipinski definition) is 2. The van der Waals surface area contributed by atoms with Crippen molar-refractivity contribution in [3.05, 3.63) is 35.9 Å². The van der Waals surface area contributed by atoms with Crippen LogP contribution < -0.4 is 10.6 Å². The molecule has 0 fully saturated rings. The van der Waals surface area contributed by atoms with E-state index in [0.717, 1.165) is 6.20 Å². The Morgan fingerprint density at radius 2 is 2.04 bits per heavy atom. The van der Waals surface area contributed by atoms with Gasteiger partial charge in [0.05, 0.1) is 18.1 Å². The summed E-state index contributed by atoms with van der Waals surface area (Å²) in [5, 5.41) is 11.3. The number of fused-ring (bicyclic) bond motifs is 1. The Hall–Kier alpha value is -3.25. The molecular weight excluding hydrogens is 365 g/mol. The normalized spacial score (nSPS) is 12.0. The zero-order valence-corrected chi connectivity index (χ0v) is 12.9. The van der Waals surface area contributed by atoms with Crippen LogP contribution in [0.4, 0.5) is 33.5 Å². The van der Waals surface area contributed by atoms with Gasteiger partial charge in [-0.3, -0.25) is 4.79 Å². The lowest BCUT2D eigenvalue weighted by atomic mass is 10.3. The molecule has 0 aromatic carbocycles. The average molecular weight is 375 g/mol. The Balaban J connectivity index is 1.98. The molecular formula is C13H10F5N7O. The van der Waals surface area contributed by atoms with Crippen LogP contribution in [0.25, 0.3) is 5.65 Å². The van der Waals surface area contributed by atoms with Gasteiger partial charge < -0.3 is 10.6 Å². The topological polar surface area (TPSA) is 89.1 Å². The van der Waals surface area contributed by atoms with Gasteiger partial charge in [-0.15, -0.1) is 0 Å². The van der Waals surface area contributed by atoms with E-state index >= 15 is 0 Å². The molecule has 0 aliphatic rings. The Morgan fingerprint density at radius 1 is 1.31 bits per heavy atom. The summed E-state index contributed by atoms with van der Waals surface area (Å²) in [5.74, 6) is -0.603. The van der Waals surface area contributed by atoms with E-state index < -0.39 is 30.0 Å². The fourth-order valence-corrected chi connectivity index (χ4v) is 2.15. The highest BCUT2D eigenvalue weighted by molar-refractivity contribution is 6.08. The van der Waals surface area contributed by atoms with Crippen LogP contribution in [-0.2, 0) is 6.18 Å². The Labute approximate surface area is 141 Å². The van der Waals surface area contributed by atoms with E-state index in [1.807, 2.05) is 5.32 Å². The van der Waals surface area contributed by atoms with Crippen LogP contribution in [0.15, 0.2) is 24.7 Å². The first-order chi connectivity index (χ1) is 12.2. The molecule has 2 N–H and O–H groups in total. The molecule has 3 rings (SSSR count). The number of nitrogens with one attached hydrogen (secondary N) is 2. The summed E-state index contributed by atoms with van der Waals surface area (Å²) < 4.78 is 65.2. The fourth-order valence-electron chi connectivity index (χ4n) is 2.15. The molecule has 8 nitrogen and oxygen atoms in total. The van der Waals surface area contributed by atoms with Gasteiger partial charge in [0.2, 0.25) is 0 Å². The lowest BCUT2D eigenvalue weighted by molar-refractivity contribution is -0.141. The minimum Gasteiger partial charge on any atom is -0.373 e. The molecule has 0 spiro atoms. The monoisotopic (exact) mass is 375 g/mol. The van der Waals surface area contributed by atoms with Gasteiger partial charge in [0.25, 0.3) is 5.91 Å². The Bertz CT molecular complexity index is 962. The molecule has 3 aromatic heterocycles. The van der Waals surface area contributed by atoms with Crippen molar-refractivity contribution in [3.8, 4) is 0 Å². The van der Waals surface area contributed by atoms with Crippen molar-refractivity contribution in [2.45, 2.75) is 12.7 Å². The van der Waals surface area contributed by atoms with Crippen LogP contribution in [0.1, 0.15) is 22.6 Å². The summed E-state index contributed by atoms with van der Waals surface area (Å²) in [6, 6.07) is 1.57. The van der Waals surface area contributed by atoms with Crippen LogP contribution >= 0.6 is 0 Å². The predicted molar refractivity (Wildman–Crippen MR) is 79.0 cm³/mol. The van der Waals surface area contributed by atoms with E-state index in [0.29, 0.717) is 12.0 Å². The summed E-state index contributed by atoms with van der Waals surface area (Å²) in [4.78, 5) is 16.4. The van der Waals surface area contributed by atoms with Crippen molar-refractivity contribution in [3.63, 3.8) is 0 Å². The number of hydrogen-bond acceptors (Lipinski definition) is 5. The molecule has 0 saturated heterocycles. The number of anilines is 2. The molecule has 0 unspecified atom stereocenters. The number of carbonyl (C=O) groups excluding carboxylic acids is 1. The van der Waals surface area contributed by atoms with Crippen molar-refractivity contribution < 1.29 is 26.7 Å². The number of nitrogens with zero attached hydrogens (tertiary/aromatic N) is 5. The first kappa shape index (κ1) is 17.6. The third-order valence-electron chi connectivity index (χ3n) is 3.32. The van der Waals surface area contributed by atoms with Crippen molar-refractivity contribution in [1.29, 1.82) is 0 Å². The number of halogens is 5. The zero-order valence-electron chi connectivity index (χ0n) is 12.9. The molecule has 26 heavy (non-hydrogen) atoms. The van der Waals surface area contributed by atoms with Crippen molar-refractivity contribution in [1.82, 2.24) is 24.4 Å². The maximum Gasteiger partial charge on any atom is 0.437 e. The van der Waals surface area contributed by atoms with Gasteiger partial charge in [-0.25, -0.2) is 14.2 Å². The van der Waals surface area contributed by atoms with E-state index in [2.05, 4.69) is 20.5 Å². The average Bonchev–Trinajstić information content (AvgIpc) is 3.17. The SMILES string of the molecule is CNc1ccn2ncc(C(=O)Nc3cn(C(F)F)nc3C(F)(F)F)c2n1. The smallest absolute Gasteiger partial charge is 0.373 e. The first-order valence-electron chi connectivity index (χ1n) is 6.98. The van der Waals surface area contributed by atoms with Gasteiger partial charge in [0, 0.05) is 13.2 Å². The third-order valence-corrected chi connectivity index (χ3v) is 3.32. The van der Waals surface area contributed by atoms with E-state index in [9.17, 15) is 26.7 Å². The predicted octanol–water partition coefficient (Wildman–Crippen LogP) is 2.63. The third kappa shape index (κ3) is 3.14. The Morgan fingerprint density at radius 3 is 2.65 bits per heavy atom.